The minimum atomic E-state index is 0. The highest BCUT2D eigenvalue weighted by Crippen LogP contribution is 2.40. The zero-order valence-corrected chi connectivity index (χ0v) is 22.9. The first-order valence-corrected chi connectivity index (χ1v) is 11.9. The van der Waals surface area contributed by atoms with Crippen molar-refractivity contribution in [2.45, 2.75) is 51.9 Å². The van der Waals surface area contributed by atoms with E-state index in [9.17, 15) is 0 Å². The molecule has 0 amide bonds. The molecule has 1 heterocycles. The smallest absolute Gasteiger partial charge is 0.190 e. The Balaban J connectivity index is 0.00000385. The summed E-state index contributed by atoms with van der Waals surface area (Å²) in [4.78, 5) is 7.92. The zero-order chi connectivity index (χ0) is 22.8. The first kappa shape index (κ1) is 27.6. The van der Waals surface area contributed by atoms with Crippen LogP contribution < -0.4 is 20.1 Å². The van der Waals surface area contributed by atoms with E-state index < -0.39 is 0 Å². The summed E-state index contributed by atoms with van der Waals surface area (Å²) in [7, 11) is 5.20. The molecule has 0 aliphatic heterocycles. The van der Waals surface area contributed by atoms with Crippen LogP contribution in [0.3, 0.4) is 0 Å². The second-order valence-corrected chi connectivity index (χ2v) is 8.70. The highest BCUT2D eigenvalue weighted by Gasteiger charge is 2.33. The number of benzene rings is 1. The molecule has 1 aromatic carbocycles. The second kappa shape index (κ2) is 13.9. The van der Waals surface area contributed by atoms with Crippen LogP contribution in [0.15, 0.2) is 23.2 Å². The predicted octanol–water partition coefficient (Wildman–Crippen LogP) is 4.89. The Hall–Kier alpha value is -1.68. The van der Waals surface area contributed by atoms with Crippen LogP contribution in [0.2, 0.25) is 0 Å². The van der Waals surface area contributed by atoms with Crippen LogP contribution in [0.1, 0.15) is 51.1 Å². The SMILES string of the molecule is CCOCCC1(CNC(=NC)NCCCc2cc3c(OC)cc(OC)cc3[nH]2)CCCC1.I. The number of fused-ring (bicyclic) bond motifs is 1. The lowest BCUT2D eigenvalue weighted by atomic mass is 9.83. The van der Waals surface area contributed by atoms with Gasteiger partial charge < -0.3 is 29.8 Å². The number of methoxy groups -OCH3 is 2. The van der Waals surface area contributed by atoms with E-state index in [1.54, 1.807) is 14.2 Å². The van der Waals surface area contributed by atoms with Crippen LogP contribution in [0.25, 0.3) is 10.9 Å². The predicted molar refractivity (Wildman–Crippen MR) is 147 cm³/mol. The van der Waals surface area contributed by atoms with Crippen molar-refractivity contribution in [1.82, 2.24) is 15.6 Å². The fraction of sp³-hybridized carbons (Fsp3) is 0.640. The number of rotatable bonds is 12. The molecule has 0 atom stereocenters. The first-order valence-electron chi connectivity index (χ1n) is 11.9. The molecule has 1 saturated carbocycles. The van der Waals surface area contributed by atoms with E-state index >= 15 is 0 Å². The molecule has 0 spiro atoms. The molecule has 1 aliphatic carbocycles. The molecular weight excluding hydrogens is 531 g/mol. The van der Waals surface area contributed by atoms with E-state index in [1.165, 1.54) is 31.4 Å². The number of hydrogen-bond donors (Lipinski definition) is 3. The zero-order valence-electron chi connectivity index (χ0n) is 20.6. The van der Waals surface area contributed by atoms with E-state index in [2.05, 4.69) is 33.6 Å². The largest absolute Gasteiger partial charge is 0.497 e. The Labute approximate surface area is 215 Å². The van der Waals surface area contributed by atoms with Gasteiger partial charge in [-0.15, -0.1) is 24.0 Å². The number of aromatic nitrogens is 1. The monoisotopic (exact) mass is 572 g/mol. The molecule has 186 valence electrons. The lowest BCUT2D eigenvalue weighted by molar-refractivity contribution is 0.105. The molecule has 3 rings (SSSR count). The molecule has 1 aromatic heterocycles. The van der Waals surface area contributed by atoms with E-state index in [0.29, 0.717) is 5.41 Å². The molecule has 0 bridgehead atoms. The molecule has 1 aliphatic rings. The summed E-state index contributed by atoms with van der Waals surface area (Å²) in [6.45, 7) is 5.54. The average molecular weight is 573 g/mol. The fourth-order valence-electron chi connectivity index (χ4n) is 4.71. The molecule has 1 fully saturated rings. The van der Waals surface area contributed by atoms with Gasteiger partial charge in [0.1, 0.15) is 11.5 Å². The van der Waals surface area contributed by atoms with Crippen molar-refractivity contribution in [3.8, 4) is 11.5 Å². The number of hydrogen-bond acceptors (Lipinski definition) is 4. The van der Waals surface area contributed by atoms with Gasteiger partial charge in [-0.05, 0) is 50.5 Å². The van der Waals surface area contributed by atoms with E-state index in [0.717, 1.165) is 73.9 Å². The summed E-state index contributed by atoms with van der Waals surface area (Å²) in [6, 6.07) is 6.10. The molecule has 7 nitrogen and oxygen atoms in total. The van der Waals surface area contributed by atoms with Crippen molar-refractivity contribution in [1.29, 1.82) is 0 Å². The summed E-state index contributed by atoms with van der Waals surface area (Å²) in [5.74, 6) is 2.51. The minimum Gasteiger partial charge on any atom is -0.497 e. The van der Waals surface area contributed by atoms with Gasteiger partial charge in [0, 0.05) is 56.6 Å². The van der Waals surface area contributed by atoms with Crippen LogP contribution in [0.5, 0.6) is 11.5 Å². The van der Waals surface area contributed by atoms with Crippen LogP contribution in [0.4, 0.5) is 0 Å². The van der Waals surface area contributed by atoms with Gasteiger partial charge in [-0.1, -0.05) is 12.8 Å². The Morgan fingerprint density at radius 3 is 2.58 bits per heavy atom. The number of aromatic amines is 1. The normalized spacial score (nSPS) is 15.3. The number of nitrogens with one attached hydrogen (secondary N) is 3. The summed E-state index contributed by atoms with van der Waals surface area (Å²) in [5, 5.41) is 8.13. The Kier molecular flexibility index (Phi) is 11.6. The van der Waals surface area contributed by atoms with E-state index in [4.69, 9.17) is 14.2 Å². The Morgan fingerprint density at radius 1 is 1.12 bits per heavy atom. The van der Waals surface area contributed by atoms with Gasteiger partial charge in [0.2, 0.25) is 0 Å². The maximum absolute atomic E-state index is 5.63. The van der Waals surface area contributed by atoms with E-state index in [1.807, 2.05) is 19.2 Å². The summed E-state index contributed by atoms with van der Waals surface area (Å²) >= 11 is 0. The number of H-pyrrole nitrogens is 1. The molecule has 0 radical (unpaired) electrons. The minimum absolute atomic E-state index is 0. The molecule has 0 unspecified atom stereocenters. The van der Waals surface area contributed by atoms with Gasteiger partial charge in [-0.2, -0.15) is 0 Å². The van der Waals surface area contributed by atoms with Gasteiger partial charge >= 0.3 is 0 Å². The van der Waals surface area contributed by atoms with Gasteiger partial charge in [0.25, 0.3) is 0 Å². The van der Waals surface area contributed by atoms with Crippen molar-refractivity contribution in [3.63, 3.8) is 0 Å². The van der Waals surface area contributed by atoms with Crippen molar-refractivity contribution in [2.75, 3.05) is 47.6 Å². The van der Waals surface area contributed by atoms with Crippen molar-refractivity contribution in [2.24, 2.45) is 10.4 Å². The Bertz CT molecular complexity index is 878. The number of aliphatic imine (C=N–C) groups is 1. The number of nitrogens with zero attached hydrogens (tertiary/aromatic N) is 1. The van der Waals surface area contributed by atoms with Gasteiger partial charge in [-0.25, -0.2) is 0 Å². The molecule has 2 aromatic rings. The quantitative estimate of drug-likeness (QED) is 0.146. The van der Waals surface area contributed by atoms with Gasteiger partial charge in [-0.3, -0.25) is 4.99 Å². The van der Waals surface area contributed by atoms with E-state index in [-0.39, 0.29) is 24.0 Å². The topological polar surface area (TPSA) is 79.9 Å². The average Bonchev–Trinajstić information content (AvgIpc) is 3.45. The standard InChI is InChI=1S/C25H40N4O3.HI/c1-5-32-14-12-25(10-6-7-11-25)18-28-24(26-2)27-13-8-9-19-15-21-22(29-19)16-20(30-3)17-23(21)31-4;/h15-17,29H,5-14,18H2,1-4H3,(H2,26,27,28);1H. The Morgan fingerprint density at radius 2 is 1.91 bits per heavy atom. The van der Waals surface area contributed by atoms with Crippen molar-refractivity contribution >= 4 is 40.8 Å². The number of ether oxygens (including phenoxy) is 3. The fourth-order valence-corrected chi connectivity index (χ4v) is 4.71. The molecule has 0 saturated heterocycles. The summed E-state index contributed by atoms with van der Waals surface area (Å²) in [6.07, 6.45) is 8.27. The van der Waals surface area contributed by atoms with Gasteiger partial charge in [0.05, 0.1) is 19.7 Å². The highest BCUT2D eigenvalue weighted by atomic mass is 127. The molecular formula is C25H41IN4O3. The molecule has 3 N–H and O–H groups in total. The number of guanidine groups is 1. The van der Waals surface area contributed by atoms with Crippen LogP contribution >= 0.6 is 24.0 Å². The molecule has 8 heteroatoms. The third kappa shape index (κ3) is 7.67. The third-order valence-electron chi connectivity index (χ3n) is 6.60. The van der Waals surface area contributed by atoms with Crippen LogP contribution in [-0.4, -0.2) is 58.5 Å². The summed E-state index contributed by atoms with van der Waals surface area (Å²) < 4.78 is 16.5. The van der Waals surface area contributed by atoms with Crippen molar-refractivity contribution in [3.05, 3.63) is 23.9 Å². The van der Waals surface area contributed by atoms with Crippen molar-refractivity contribution < 1.29 is 14.2 Å². The third-order valence-corrected chi connectivity index (χ3v) is 6.60. The first-order chi connectivity index (χ1) is 15.6. The highest BCUT2D eigenvalue weighted by molar-refractivity contribution is 14.0. The lowest BCUT2D eigenvalue weighted by Gasteiger charge is -2.30. The van der Waals surface area contributed by atoms with Gasteiger partial charge in [0.15, 0.2) is 5.96 Å². The maximum Gasteiger partial charge on any atom is 0.190 e. The van der Waals surface area contributed by atoms with Crippen LogP contribution in [-0.2, 0) is 11.2 Å². The van der Waals surface area contributed by atoms with Crippen LogP contribution in [0, 0.1) is 5.41 Å². The number of halogens is 1. The maximum atomic E-state index is 5.63. The second-order valence-electron chi connectivity index (χ2n) is 8.70. The lowest BCUT2D eigenvalue weighted by Crippen LogP contribution is -2.43. The molecule has 33 heavy (non-hydrogen) atoms. The summed E-state index contributed by atoms with van der Waals surface area (Å²) in [5.41, 5.74) is 2.57. The number of aryl methyl sites for hydroxylation is 1.